The lowest BCUT2D eigenvalue weighted by atomic mass is 10.1. The van der Waals surface area contributed by atoms with E-state index in [2.05, 4.69) is 44.7 Å². The Bertz CT molecular complexity index is 912. The maximum atomic E-state index is 13.1. The smallest absolute Gasteiger partial charge is 0.266 e. The summed E-state index contributed by atoms with van der Waals surface area (Å²) in [7, 11) is 0. The van der Waals surface area contributed by atoms with E-state index in [1.54, 1.807) is 16.2 Å². The fourth-order valence-electron chi connectivity index (χ4n) is 3.13. The summed E-state index contributed by atoms with van der Waals surface area (Å²) in [5.41, 5.74) is 3.39. The normalized spacial score (nSPS) is 11.2. The van der Waals surface area contributed by atoms with Crippen molar-refractivity contribution in [1.82, 2.24) is 9.88 Å². The number of aryl methyl sites for hydroxylation is 2. The van der Waals surface area contributed by atoms with Gasteiger partial charge in [-0.05, 0) is 62.3 Å². The Balaban J connectivity index is 1.82. The maximum Gasteiger partial charge on any atom is 0.266 e. The molecular weight excluding hydrogens is 382 g/mol. The molecule has 6 heteroatoms. The van der Waals surface area contributed by atoms with Crippen molar-refractivity contribution in [2.75, 3.05) is 37.7 Å². The van der Waals surface area contributed by atoms with Crippen molar-refractivity contribution in [1.29, 1.82) is 0 Å². The Hall–Kier alpha value is -2.44. The van der Waals surface area contributed by atoms with Crippen LogP contribution in [-0.4, -0.2) is 48.6 Å². The number of carbonyl (C=O) groups excluding carboxylic acids is 1. The molecule has 1 aromatic heterocycles. The van der Waals surface area contributed by atoms with Gasteiger partial charge < -0.3 is 9.64 Å². The molecule has 0 aliphatic heterocycles. The van der Waals surface area contributed by atoms with Gasteiger partial charge in [-0.25, -0.2) is 4.98 Å². The second-order valence-electron chi connectivity index (χ2n) is 7.07. The molecule has 0 unspecified atom stereocenters. The molecule has 3 rings (SSSR count). The van der Waals surface area contributed by atoms with Crippen LogP contribution >= 0.6 is 11.3 Å². The van der Waals surface area contributed by atoms with Gasteiger partial charge in [-0.1, -0.05) is 43.4 Å². The molecule has 0 radical (unpaired) electrons. The van der Waals surface area contributed by atoms with Gasteiger partial charge in [-0.2, -0.15) is 0 Å². The van der Waals surface area contributed by atoms with Crippen molar-refractivity contribution in [3.8, 4) is 5.75 Å². The Morgan fingerprint density at radius 3 is 2.41 bits per heavy atom. The van der Waals surface area contributed by atoms with E-state index in [0.29, 0.717) is 12.3 Å². The Kier molecular flexibility index (Phi) is 7.23. The maximum absolute atomic E-state index is 13.1. The minimum Gasteiger partial charge on any atom is -0.484 e. The summed E-state index contributed by atoms with van der Waals surface area (Å²) in [6, 6.07) is 13.7. The number of hydrogen-bond donors (Lipinski definition) is 0. The van der Waals surface area contributed by atoms with Gasteiger partial charge in [0.05, 0.1) is 10.2 Å². The molecular formula is C23H29N3O2S. The molecule has 0 aliphatic rings. The second kappa shape index (κ2) is 9.85. The number of anilines is 1. The van der Waals surface area contributed by atoms with Crippen LogP contribution in [0.3, 0.4) is 0 Å². The lowest BCUT2D eigenvalue weighted by molar-refractivity contribution is -0.120. The van der Waals surface area contributed by atoms with Gasteiger partial charge in [0.25, 0.3) is 5.91 Å². The number of ether oxygens (including phenoxy) is 1. The highest BCUT2D eigenvalue weighted by molar-refractivity contribution is 7.22. The first kappa shape index (κ1) is 21.3. The molecule has 0 N–H and O–H groups in total. The zero-order valence-electron chi connectivity index (χ0n) is 17.6. The molecule has 0 saturated heterocycles. The number of likely N-dealkylation sites (N-methyl/N-ethyl adjacent to an activating group) is 1. The topological polar surface area (TPSA) is 45.7 Å². The highest BCUT2D eigenvalue weighted by Crippen LogP contribution is 2.31. The van der Waals surface area contributed by atoms with Gasteiger partial charge in [-0.15, -0.1) is 0 Å². The highest BCUT2D eigenvalue weighted by Gasteiger charge is 2.21. The Morgan fingerprint density at radius 2 is 1.72 bits per heavy atom. The number of amides is 1. The van der Waals surface area contributed by atoms with Crippen molar-refractivity contribution in [3.63, 3.8) is 0 Å². The van der Waals surface area contributed by atoms with Crippen LogP contribution in [0.15, 0.2) is 42.5 Å². The SMILES string of the molecule is CCN(CC)CCN(C(=O)COc1ccccc1)c1nc2cc(C)c(C)cc2s1. The van der Waals surface area contributed by atoms with Crippen molar-refractivity contribution < 1.29 is 9.53 Å². The largest absolute Gasteiger partial charge is 0.484 e. The van der Waals surface area contributed by atoms with E-state index in [4.69, 9.17) is 9.72 Å². The van der Waals surface area contributed by atoms with Crippen LogP contribution < -0.4 is 9.64 Å². The first-order valence-electron chi connectivity index (χ1n) is 10.1. The number of thiazole rings is 1. The molecule has 0 fully saturated rings. The first-order chi connectivity index (χ1) is 14.0. The predicted octanol–water partition coefficient (Wildman–Crippen LogP) is 4.67. The standard InChI is InChI=1S/C23H29N3O2S/c1-5-25(6-2)12-13-26(22(27)16-28-19-10-8-7-9-11-19)23-24-20-14-17(3)18(4)15-21(20)29-23/h7-11,14-15H,5-6,12-13,16H2,1-4H3. The average Bonchev–Trinajstić information content (AvgIpc) is 3.12. The van der Waals surface area contributed by atoms with E-state index in [1.807, 2.05) is 30.3 Å². The van der Waals surface area contributed by atoms with E-state index >= 15 is 0 Å². The third-order valence-corrected chi connectivity index (χ3v) is 6.21. The molecule has 1 amide bonds. The van der Waals surface area contributed by atoms with E-state index in [-0.39, 0.29) is 12.5 Å². The predicted molar refractivity (Wildman–Crippen MR) is 121 cm³/mol. The number of benzene rings is 2. The molecule has 0 aliphatic carbocycles. The van der Waals surface area contributed by atoms with Crippen LogP contribution in [0.25, 0.3) is 10.2 Å². The van der Waals surface area contributed by atoms with Crippen LogP contribution in [0.4, 0.5) is 5.13 Å². The quantitative estimate of drug-likeness (QED) is 0.513. The van der Waals surface area contributed by atoms with Gasteiger partial charge in [0.15, 0.2) is 11.7 Å². The van der Waals surface area contributed by atoms with Crippen LogP contribution in [-0.2, 0) is 4.79 Å². The monoisotopic (exact) mass is 411 g/mol. The second-order valence-corrected chi connectivity index (χ2v) is 8.08. The fraction of sp³-hybridized carbons (Fsp3) is 0.391. The Morgan fingerprint density at radius 1 is 1.03 bits per heavy atom. The van der Waals surface area contributed by atoms with E-state index in [9.17, 15) is 4.79 Å². The molecule has 0 spiro atoms. The lowest BCUT2D eigenvalue weighted by Crippen LogP contribution is -2.41. The van der Waals surface area contributed by atoms with Gasteiger partial charge in [0.2, 0.25) is 0 Å². The lowest BCUT2D eigenvalue weighted by Gasteiger charge is -2.24. The third kappa shape index (κ3) is 5.34. The van der Waals surface area contributed by atoms with E-state index in [1.165, 1.54) is 11.1 Å². The van der Waals surface area contributed by atoms with E-state index in [0.717, 1.165) is 35.0 Å². The van der Waals surface area contributed by atoms with Gasteiger partial charge in [-0.3, -0.25) is 9.69 Å². The minimum atomic E-state index is -0.0755. The number of fused-ring (bicyclic) bond motifs is 1. The van der Waals surface area contributed by atoms with Crippen molar-refractivity contribution in [2.45, 2.75) is 27.7 Å². The fourth-order valence-corrected chi connectivity index (χ4v) is 4.22. The zero-order valence-corrected chi connectivity index (χ0v) is 18.5. The summed E-state index contributed by atoms with van der Waals surface area (Å²) in [5, 5.41) is 0.735. The van der Waals surface area contributed by atoms with Gasteiger partial charge >= 0.3 is 0 Å². The number of aromatic nitrogens is 1. The molecule has 154 valence electrons. The average molecular weight is 412 g/mol. The summed E-state index contributed by atoms with van der Waals surface area (Å²) >= 11 is 1.57. The number of para-hydroxylation sites is 1. The number of rotatable bonds is 9. The van der Waals surface area contributed by atoms with Crippen LogP contribution in [0.2, 0.25) is 0 Å². The zero-order chi connectivity index (χ0) is 20.8. The van der Waals surface area contributed by atoms with Crippen molar-refractivity contribution in [2.24, 2.45) is 0 Å². The number of hydrogen-bond acceptors (Lipinski definition) is 5. The minimum absolute atomic E-state index is 0.00373. The number of carbonyl (C=O) groups is 1. The molecule has 0 atom stereocenters. The summed E-state index contributed by atoms with van der Waals surface area (Å²) < 4.78 is 6.82. The van der Waals surface area contributed by atoms with Crippen molar-refractivity contribution >= 4 is 32.6 Å². The molecule has 0 saturated carbocycles. The summed E-state index contributed by atoms with van der Waals surface area (Å²) in [4.78, 5) is 21.9. The van der Waals surface area contributed by atoms with Crippen LogP contribution in [0.5, 0.6) is 5.75 Å². The third-order valence-electron chi connectivity index (χ3n) is 5.16. The van der Waals surface area contributed by atoms with Crippen LogP contribution in [0, 0.1) is 13.8 Å². The first-order valence-corrected chi connectivity index (χ1v) is 10.9. The molecule has 0 bridgehead atoms. The Labute approximate surface area is 176 Å². The molecule has 5 nitrogen and oxygen atoms in total. The molecule has 2 aromatic carbocycles. The molecule has 1 heterocycles. The summed E-state index contributed by atoms with van der Waals surface area (Å²) in [5.74, 6) is 0.619. The van der Waals surface area contributed by atoms with Gasteiger partial charge in [0.1, 0.15) is 5.75 Å². The number of nitrogens with zero attached hydrogens (tertiary/aromatic N) is 3. The molecule has 29 heavy (non-hydrogen) atoms. The van der Waals surface area contributed by atoms with Crippen molar-refractivity contribution in [3.05, 3.63) is 53.6 Å². The summed E-state index contributed by atoms with van der Waals surface area (Å²) in [6.45, 7) is 11.8. The van der Waals surface area contributed by atoms with E-state index < -0.39 is 0 Å². The highest BCUT2D eigenvalue weighted by atomic mass is 32.1. The molecule has 3 aromatic rings. The summed E-state index contributed by atoms with van der Waals surface area (Å²) in [6.07, 6.45) is 0. The van der Waals surface area contributed by atoms with Crippen LogP contribution in [0.1, 0.15) is 25.0 Å². The van der Waals surface area contributed by atoms with Gasteiger partial charge in [0, 0.05) is 13.1 Å².